The van der Waals surface area contributed by atoms with Crippen molar-refractivity contribution in [3.8, 4) is 5.75 Å². The maximum absolute atomic E-state index is 13.2. The summed E-state index contributed by atoms with van der Waals surface area (Å²) >= 11 is 0. The van der Waals surface area contributed by atoms with E-state index in [1.807, 2.05) is 0 Å². The fourth-order valence-corrected chi connectivity index (χ4v) is 2.66. The zero-order valence-corrected chi connectivity index (χ0v) is 15.2. The molecule has 0 radical (unpaired) electrons. The third-order valence-corrected chi connectivity index (χ3v) is 3.81. The summed E-state index contributed by atoms with van der Waals surface area (Å²) in [6.07, 6.45) is -0.269. The molecular formula is C20H22FNO5. The summed E-state index contributed by atoms with van der Waals surface area (Å²) in [6.45, 7) is 1.84. The van der Waals surface area contributed by atoms with Crippen molar-refractivity contribution in [2.45, 2.75) is 25.5 Å². The number of methoxy groups -OCH3 is 1. The maximum Gasteiger partial charge on any atom is 0.305 e. The Balaban J connectivity index is 2.06. The van der Waals surface area contributed by atoms with Gasteiger partial charge in [-0.1, -0.05) is 18.2 Å². The molecule has 0 heterocycles. The second-order valence-corrected chi connectivity index (χ2v) is 6.46. The highest BCUT2D eigenvalue weighted by molar-refractivity contribution is 5.95. The van der Waals surface area contributed by atoms with Crippen LogP contribution in [0.3, 0.4) is 0 Å². The number of rotatable bonds is 9. The van der Waals surface area contributed by atoms with Gasteiger partial charge in [0.05, 0.1) is 18.6 Å². The molecule has 0 aliphatic rings. The zero-order valence-electron chi connectivity index (χ0n) is 15.2. The van der Waals surface area contributed by atoms with Gasteiger partial charge in [0.15, 0.2) is 0 Å². The van der Waals surface area contributed by atoms with Gasteiger partial charge >= 0.3 is 5.97 Å². The predicted octanol–water partition coefficient (Wildman–Crippen LogP) is 3.01. The minimum atomic E-state index is -1.04. The summed E-state index contributed by atoms with van der Waals surface area (Å²) in [5.74, 6) is -1.45. The van der Waals surface area contributed by atoms with Gasteiger partial charge < -0.3 is 19.9 Å². The van der Waals surface area contributed by atoms with E-state index in [4.69, 9.17) is 14.6 Å². The van der Waals surface area contributed by atoms with Crippen molar-refractivity contribution in [2.75, 3.05) is 13.7 Å². The average molecular weight is 375 g/mol. The Labute approximate surface area is 156 Å². The monoisotopic (exact) mass is 375 g/mol. The van der Waals surface area contributed by atoms with E-state index in [1.165, 1.54) is 19.2 Å². The molecule has 0 aromatic heterocycles. The molecule has 0 saturated carbocycles. The molecule has 1 unspecified atom stereocenters. The van der Waals surface area contributed by atoms with Gasteiger partial charge in [-0.05, 0) is 36.8 Å². The highest BCUT2D eigenvalue weighted by Gasteiger charge is 2.30. The van der Waals surface area contributed by atoms with Crippen molar-refractivity contribution in [3.63, 3.8) is 0 Å². The number of halogens is 1. The number of carboxylic acid groups (broad SMARTS) is 1. The Morgan fingerprint density at radius 3 is 2.59 bits per heavy atom. The molecule has 0 spiro atoms. The van der Waals surface area contributed by atoms with Gasteiger partial charge in [-0.15, -0.1) is 0 Å². The van der Waals surface area contributed by atoms with E-state index < -0.39 is 23.2 Å². The lowest BCUT2D eigenvalue weighted by atomic mass is 9.98. The number of carbonyl (C=O) groups is 2. The van der Waals surface area contributed by atoms with E-state index in [9.17, 15) is 14.0 Å². The number of benzene rings is 2. The summed E-state index contributed by atoms with van der Waals surface area (Å²) < 4.78 is 23.8. The van der Waals surface area contributed by atoms with Crippen LogP contribution in [-0.2, 0) is 16.1 Å². The molecule has 0 bridgehead atoms. The van der Waals surface area contributed by atoms with Crippen molar-refractivity contribution < 1.29 is 28.6 Å². The molecule has 6 nitrogen and oxygen atoms in total. The number of amides is 1. The molecule has 1 amide bonds. The van der Waals surface area contributed by atoms with E-state index in [0.717, 1.165) is 5.56 Å². The molecule has 0 fully saturated rings. The Bertz CT molecular complexity index is 810. The third-order valence-electron chi connectivity index (χ3n) is 3.81. The van der Waals surface area contributed by atoms with Crippen LogP contribution in [0.5, 0.6) is 5.75 Å². The second kappa shape index (κ2) is 9.14. The lowest BCUT2D eigenvalue weighted by Gasteiger charge is -2.28. The number of hydrogen-bond donors (Lipinski definition) is 2. The minimum absolute atomic E-state index is 0.0629. The lowest BCUT2D eigenvalue weighted by Crippen LogP contribution is -2.50. The normalized spacial score (nSPS) is 12.9. The fourth-order valence-electron chi connectivity index (χ4n) is 2.66. The summed E-state index contributed by atoms with van der Waals surface area (Å²) in [5, 5.41) is 11.8. The lowest BCUT2D eigenvalue weighted by molar-refractivity contribution is -0.139. The number of nitrogens with one attached hydrogen (secondary N) is 1. The molecule has 2 rings (SSSR count). The molecule has 144 valence electrons. The Morgan fingerprint density at radius 2 is 1.93 bits per heavy atom. The number of hydrogen-bond acceptors (Lipinski definition) is 4. The van der Waals surface area contributed by atoms with Gasteiger partial charge in [-0.25, -0.2) is 4.39 Å². The largest absolute Gasteiger partial charge is 0.489 e. The highest BCUT2D eigenvalue weighted by atomic mass is 19.1. The molecule has 7 heteroatoms. The molecule has 2 aromatic carbocycles. The van der Waals surface area contributed by atoms with E-state index in [1.54, 1.807) is 43.3 Å². The van der Waals surface area contributed by atoms with Crippen molar-refractivity contribution >= 4 is 11.9 Å². The average Bonchev–Trinajstić information content (AvgIpc) is 2.59. The molecule has 0 aliphatic carbocycles. The molecule has 2 aromatic rings. The van der Waals surface area contributed by atoms with Crippen LogP contribution in [0.4, 0.5) is 4.39 Å². The predicted molar refractivity (Wildman–Crippen MR) is 97.2 cm³/mol. The summed E-state index contributed by atoms with van der Waals surface area (Å²) in [5.41, 5.74) is 0.0489. The van der Waals surface area contributed by atoms with Crippen LogP contribution in [0.1, 0.15) is 29.3 Å². The zero-order chi connectivity index (χ0) is 19.9. The van der Waals surface area contributed by atoms with Gasteiger partial charge in [0.25, 0.3) is 5.91 Å². The van der Waals surface area contributed by atoms with Crippen molar-refractivity contribution in [3.05, 3.63) is 65.5 Å². The topological polar surface area (TPSA) is 84.9 Å². The molecule has 1 atom stereocenters. The maximum atomic E-state index is 13.2. The third kappa shape index (κ3) is 6.38. The quantitative estimate of drug-likeness (QED) is 0.704. The SMILES string of the molecule is COCC(C)(CC(=O)O)NC(=O)c1cccc(COc2cccc(F)c2)c1. The van der Waals surface area contributed by atoms with Crippen LogP contribution in [0, 0.1) is 5.82 Å². The van der Waals surface area contributed by atoms with Crippen molar-refractivity contribution in [1.82, 2.24) is 5.32 Å². The summed E-state index contributed by atoms with van der Waals surface area (Å²) in [6, 6.07) is 12.5. The summed E-state index contributed by atoms with van der Waals surface area (Å²) in [4.78, 5) is 23.6. The number of aliphatic carboxylic acids is 1. The Hall–Kier alpha value is -2.93. The van der Waals surface area contributed by atoms with Gasteiger partial charge in [0.2, 0.25) is 0 Å². The van der Waals surface area contributed by atoms with E-state index in [2.05, 4.69) is 5.32 Å². The second-order valence-electron chi connectivity index (χ2n) is 6.46. The van der Waals surface area contributed by atoms with E-state index >= 15 is 0 Å². The van der Waals surface area contributed by atoms with Gasteiger partial charge in [-0.2, -0.15) is 0 Å². The van der Waals surface area contributed by atoms with Crippen molar-refractivity contribution in [1.29, 1.82) is 0 Å². The first kappa shape index (κ1) is 20.4. The van der Waals surface area contributed by atoms with Gasteiger partial charge in [-0.3, -0.25) is 9.59 Å². The first-order valence-corrected chi connectivity index (χ1v) is 8.32. The minimum Gasteiger partial charge on any atom is -0.489 e. The first-order valence-electron chi connectivity index (χ1n) is 8.32. The number of carbonyl (C=O) groups excluding carboxylic acids is 1. The Morgan fingerprint density at radius 1 is 1.19 bits per heavy atom. The van der Waals surface area contributed by atoms with E-state index in [0.29, 0.717) is 11.3 Å². The highest BCUT2D eigenvalue weighted by Crippen LogP contribution is 2.16. The van der Waals surface area contributed by atoms with Crippen LogP contribution in [0.2, 0.25) is 0 Å². The smallest absolute Gasteiger partial charge is 0.305 e. The number of carboxylic acids is 1. The standard InChI is InChI=1S/C20H22FNO5/c1-20(13-26-2,11-18(23)24)22-19(25)15-6-3-5-14(9-15)12-27-17-8-4-7-16(21)10-17/h3-10H,11-13H2,1-2H3,(H,22,25)(H,23,24). The van der Waals surface area contributed by atoms with Crippen molar-refractivity contribution in [2.24, 2.45) is 0 Å². The van der Waals surface area contributed by atoms with E-state index in [-0.39, 0.29) is 19.6 Å². The van der Waals surface area contributed by atoms with Gasteiger partial charge in [0.1, 0.15) is 18.2 Å². The van der Waals surface area contributed by atoms with Crippen LogP contribution >= 0.6 is 0 Å². The fraction of sp³-hybridized carbons (Fsp3) is 0.300. The van der Waals surface area contributed by atoms with Crippen LogP contribution in [0.25, 0.3) is 0 Å². The van der Waals surface area contributed by atoms with Crippen LogP contribution in [0.15, 0.2) is 48.5 Å². The van der Waals surface area contributed by atoms with Gasteiger partial charge in [0, 0.05) is 18.7 Å². The van der Waals surface area contributed by atoms with Crippen LogP contribution < -0.4 is 10.1 Å². The molecule has 0 saturated heterocycles. The molecule has 27 heavy (non-hydrogen) atoms. The summed E-state index contributed by atoms with van der Waals surface area (Å²) in [7, 11) is 1.44. The Kier molecular flexibility index (Phi) is 6.90. The molecule has 2 N–H and O–H groups in total. The molecular weight excluding hydrogens is 353 g/mol. The molecule has 0 aliphatic heterocycles. The first-order chi connectivity index (χ1) is 12.8. The number of ether oxygens (including phenoxy) is 2. The van der Waals surface area contributed by atoms with Crippen LogP contribution in [-0.4, -0.2) is 36.2 Å².